The van der Waals surface area contributed by atoms with E-state index < -0.39 is 30.1 Å². The maximum atomic E-state index is 12.2. The van der Waals surface area contributed by atoms with Crippen LogP contribution in [0.4, 0.5) is 18.0 Å². The van der Waals surface area contributed by atoms with Crippen LogP contribution in [-0.4, -0.2) is 47.3 Å². The Morgan fingerprint density at radius 1 is 1.47 bits per heavy atom. The number of likely N-dealkylation sites (tertiary alicyclic amines) is 1. The van der Waals surface area contributed by atoms with Gasteiger partial charge in [-0.1, -0.05) is 0 Å². The van der Waals surface area contributed by atoms with Crippen LogP contribution in [0.2, 0.25) is 0 Å². The number of hydrogen-bond donors (Lipinski definition) is 2. The van der Waals surface area contributed by atoms with Crippen molar-refractivity contribution >= 4 is 12.0 Å². The van der Waals surface area contributed by atoms with E-state index in [1.54, 1.807) is 5.32 Å². The lowest BCUT2D eigenvalue weighted by Crippen LogP contribution is -2.48. The van der Waals surface area contributed by atoms with Gasteiger partial charge in [0.2, 0.25) is 0 Å². The first-order valence-electron chi connectivity index (χ1n) is 5.06. The van der Waals surface area contributed by atoms with Gasteiger partial charge in [-0.25, -0.2) is 4.79 Å². The molecule has 0 aromatic heterocycles. The lowest BCUT2D eigenvalue weighted by atomic mass is 10.1. The average Bonchev–Trinajstić information content (AvgIpc) is 2.64. The molecule has 98 valence electrons. The molecule has 0 bridgehead atoms. The van der Waals surface area contributed by atoms with Crippen LogP contribution in [0.5, 0.6) is 0 Å². The Morgan fingerprint density at radius 3 is 2.47 bits per heavy atom. The van der Waals surface area contributed by atoms with E-state index in [0.29, 0.717) is 0 Å². The van der Waals surface area contributed by atoms with Crippen molar-refractivity contribution in [3.8, 4) is 0 Å². The van der Waals surface area contributed by atoms with E-state index in [2.05, 4.69) is 0 Å². The Balaban J connectivity index is 2.48. The van der Waals surface area contributed by atoms with E-state index in [4.69, 9.17) is 5.11 Å². The molecule has 2 unspecified atom stereocenters. The minimum absolute atomic E-state index is 0.0499. The zero-order valence-electron chi connectivity index (χ0n) is 9.12. The lowest BCUT2D eigenvalue weighted by molar-refractivity contribution is -0.149. The Hall–Kier alpha value is -1.47. The maximum absolute atomic E-state index is 12.2. The number of carboxylic acid groups (broad SMARTS) is 1. The van der Waals surface area contributed by atoms with Crippen molar-refractivity contribution in [3.05, 3.63) is 0 Å². The van der Waals surface area contributed by atoms with Crippen LogP contribution in [0.15, 0.2) is 0 Å². The highest BCUT2D eigenvalue weighted by atomic mass is 19.4. The summed E-state index contributed by atoms with van der Waals surface area (Å²) in [6.45, 7) is 0.946. The number of halogens is 3. The van der Waals surface area contributed by atoms with Crippen LogP contribution in [-0.2, 0) is 4.79 Å². The van der Waals surface area contributed by atoms with Crippen LogP contribution in [0, 0.1) is 5.92 Å². The standard InChI is InChI=1S/C9H13F3N2O3/c1-5(9(10,11)12)13-8(17)14-3-2-6(4-14)7(15)16/h5-6H,2-4H2,1H3,(H,13,17)(H,15,16). The molecule has 1 fully saturated rings. The normalized spacial score (nSPS) is 22.4. The quantitative estimate of drug-likeness (QED) is 0.774. The molecule has 1 heterocycles. The third kappa shape index (κ3) is 3.50. The molecular formula is C9H13F3N2O3. The van der Waals surface area contributed by atoms with E-state index >= 15 is 0 Å². The van der Waals surface area contributed by atoms with Crippen molar-refractivity contribution in [1.82, 2.24) is 10.2 Å². The molecular weight excluding hydrogens is 241 g/mol. The van der Waals surface area contributed by atoms with Gasteiger partial charge in [-0.05, 0) is 13.3 Å². The number of urea groups is 1. The summed E-state index contributed by atoms with van der Waals surface area (Å²) < 4.78 is 36.5. The first-order chi connectivity index (χ1) is 7.71. The van der Waals surface area contributed by atoms with Crippen LogP contribution in [0.25, 0.3) is 0 Å². The van der Waals surface area contributed by atoms with Gasteiger partial charge in [0.15, 0.2) is 0 Å². The molecule has 2 atom stereocenters. The summed E-state index contributed by atoms with van der Waals surface area (Å²) in [7, 11) is 0. The first kappa shape index (κ1) is 13.6. The van der Waals surface area contributed by atoms with Gasteiger partial charge in [-0.3, -0.25) is 4.79 Å². The van der Waals surface area contributed by atoms with E-state index in [1.807, 2.05) is 0 Å². The molecule has 5 nitrogen and oxygen atoms in total. The van der Waals surface area contributed by atoms with Gasteiger partial charge in [0.05, 0.1) is 5.92 Å². The summed E-state index contributed by atoms with van der Waals surface area (Å²) in [6.07, 6.45) is -4.23. The van der Waals surface area contributed by atoms with Crippen LogP contribution in [0.1, 0.15) is 13.3 Å². The summed E-state index contributed by atoms with van der Waals surface area (Å²) in [5, 5.41) is 10.5. The van der Waals surface area contributed by atoms with Gasteiger partial charge in [-0.2, -0.15) is 13.2 Å². The van der Waals surface area contributed by atoms with Gasteiger partial charge in [0, 0.05) is 13.1 Å². The smallest absolute Gasteiger partial charge is 0.408 e. The molecule has 0 saturated carbocycles. The summed E-state index contributed by atoms with van der Waals surface area (Å²) in [5.41, 5.74) is 0. The lowest BCUT2D eigenvalue weighted by Gasteiger charge is -2.22. The van der Waals surface area contributed by atoms with Crippen molar-refractivity contribution < 1.29 is 27.9 Å². The van der Waals surface area contributed by atoms with Crippen molar-refractivity contribution in [2.45, 2.75) is 25.6 Å². The number of carboxylic acids is 1. The van der Waals surface area contributed by atoms with E-state index in [0.717, 1.165) is 11.8 Å². The van der Waals surface area contributed by atoms with Gasteiger partial charge < -0.3 is 15.3 Å². The summed E-state index contributed by atoms with van der Waals surface area (Å²) in [5.74, 6) is -1.73. The molecule has 8 heteroatoms. The van der Waals surface area contributed by atoms with Gasteiger partial charge in [-0.15, -0.1) is 0 Å². The summed E-state index contributed by atoms with van der Waals surface area (Å²) >= 11 is 0. The Bertz CT molecular complexity index is 319. The molecule has 0 aromatic rings. The third-order valence-corrected chi connectivity index (χ3v) is 2.66. The Morgan fingerprint density at radius 2 is 2.06 bits per heavy atom. The van der Waals surface area contributed by atoms with Crippen molar-refractivity contribution in [2.75, 3.05) is 13.1 Å². The number of rotatable bonds is 2. The number of alkyl halides is 3. The van der Waals surface area contributed by atoms with Crippen LogP contribution >= 0.6 is 0 Å². The maximum Gasteiger partial charge on any atom is 0.408 e. The number of amides is 2. The Labute approximate surface area is 95.6 Å². The molecule has 2 amide bonds. The zero-order valence-corrected chi connectivity index (χ0v) is 9.12. The predicted octanol–water partition coefficient (Wildman–Crippen LogP) is 1.05. The highest BCUT2D eigenvalue weighted by molar-refractivity contribution is 5.77. The minimum Gasteiger partial charge on any atom is -0.481 e. The van der Waals surface area contributed by atoms with E-state index in [-0.39, 0.29) is 19.5 Å². The largest absolute Gasteiger partial charge is 0.481 e. The number of carbonyl (C=O) groups is 2. The second kappa shape index (κ2) is 4.80. The molecule has 0 aromatic carbocycles. The molecule has 2 N–H and O–H groups in total. The van der Waals surface area contributed by atoms with E-state index in [1.165, 1.54) is 0 Å². The fraction of sp³-hybridized carbons (Fsp3) is 0.778. The molecule has 0 radical (unpaired) electrons. The molecule has 17 heavy (non-hydrogen) atoms. The highest BCUT2D eigenvalue weighted by Crippen LogP contribution is 2.21. The number of hydrogen-bond acceptors (Lipinski definition) is 2. The molecule has 1 aliphatic heterocycles. The zero-order chi connectivity index (χ0) is 13.2. The predicted molar refractivity (Wildman–Crippen MR) is 51.4 cm³/mol. The second-order valence-electron chi connectivity index (χ2n) is 3.98. The topological polar surface area (TPSA) is 69.6 Å². The Kier molecular flexibility index (Phi) is 3.84. The average molecular weight is 254 g/mol. The molecule has 1 rings (SSSR count). The second-order valence-corrected chi connectivity index (χ2v) is 3.98. The monoisotopic (exact) mass is 254 g/mol. The number of carbonyl (C=O) groups excluding carboxylic acids is 1. The first-order valence-corrected chi connectivity index (χ1v) is 5.06. The fourth-order valence-corrected chi connectivity index (χ4v) is 1.50. The van der Waals surface area contributed by atoms with Crippen molar-refractivity contribution in [2.24, 2.45) is 5.92 Å². The van der Waals surface area contributed by atoms with Gasteiger partial charge in [0.25, 0.3) is 0 Å². The fourth-order valence-electron chi connectivity index (χ4n) is 1.50. The van der Waals surface area contributed by atoms with Gasteiger partial charge >= 0.3 is 18.2 Å². The summed E-state index contributed by atoms with van der Waals surface area (Å²) in [4.78, 5) is 23.1. The highest BCUT2D eigenvalue weighted by Gasteiger charge is 2.39. The number of nitrogens with zero attached hydrogens (tertiary/aromatic N) is 1. The molecule has 0 spiro atoms. The molecule has 1 aliphatic rings. The van der Waals surface area contributed by atoms with Gasteiger partial charge in [0.1, 0.15) is 6.04 Å². The molecule has 0 aliphatic carbocycles. The number of nitrogens with one attached hydrogen (secondary N) is 1. The summed E-state index contributed by atoms with van der Waals surface area (Å²) in [6, 6.07) is -2.82. The SMILES string of the molecule is CC(NC(=O)N1CCC(C(=O)O)C1)C(F)(F)F. The van der Waals surface area contributed by atoms with Crippen LogP contribution < -0.4 is 5.32 Å². The molecule has 1 saturated heterocycles. The third-order valence-electron chi connectivity index (χ3n) is 2.66. The minimum atomic E-state index is -4.50. The van der Waals surface area contributed by atoms with Crippen molar-refractivity contribution in [3.63, 3.8) is 0 Å². The van der Waals surface area contributed by atoms with E-state index in [9.17, 15) is 22.8 Å². The van der Waals surface area contributed by atoms with Crippen molar-refractivity contribution in [1.29, 1.82) is 0 Å². The number of aliphatic carboxylic acids is 1. The van der Waals surface area contributed by atoms with Crippen LogP contribution in [0.3, 0.4) is 0 Å².